The molecule has 6 heteroatoms. The SMILES string of the molecule is COc1ccc(Cn2c(-c3ccccc3)nc3oc4ccccc4c(=O)c3c2=O)cc1. The van der Waals surface area contributed by atoms with Gasteiger partial charge < -0.3 is 9.15 Å². The maximum absolute atomic E-state index is 13.6. The minimum absolute atomic E-state index is 0.0403. The molecule has 0 atom stereocenters. The molecule has 0 aliphatic carbocycles. The van der Waals surface area contributed by atoms with Crippen molar-refractivity contribution in [3.05, 3.63) is 105 Å². The van der Waals surface area contributed by atoms with Crippen LogP contribution < -0.4 is 15.7 Å². The minimum Gasteiger partial charge on any atom is -0.497 e. The van der Waals surface area contributed by atoms with Gasteiger partial charge in [0.05, 0.1) is 19.0 Å². The summed E-state index contributed by atoms with van der Waals surface area (Å²) in [5.74, 6) is 1.16. The van der Waals surface area contributed by atoms with E-state index in [-0.39, 0.29) is 23.1 Å². The van der Waals surface area contributed by atoms with E-state index in [9.17, 15) is 9.59 Å². The monoisotopic (exact) mass is 410 g/mol. The third kappa shape index (κ3) is 3.28. The number of aromatic nitrogens is 2. The van der Waals surface area contributed by atoms with Gasteiger partial charge in [0.2, 0.25) is 11.1 Å². The van der Waals surface area contributed by atoms with Gasteiger partial charge in [-0.2, -0.15) is 4.98 Å². The maximum Gasteiger partial charge on any atom is 0.269 e. The summed E-state index contributed by atoms with van der Waals surface area (Å²) in [6, 6.07) is 23.7. The Labute approximate surface area is 177 Å². The molecular weight excluding hydrogens is 392 g/mol. The number of ether oxygens (including phenoxy) is 1. The second-order valence-corrected chi connectivity index (χ2v) is 7.15. The normalized spacial score (nSPS) is 11.1. The Hall–Kier alpha value is -4.19. The first-order valence-electron chi connectivity index (χ1n) is 9.80. The molecule has 0 saturated carbocycles. The van der Waals surface area contributed by atoms with Crippen molar-refractivity contribution in [2.24, 2.45) is 0 Å². The summed E-state index contributed by atoms with van der Waals surface area (Å²) >= 11 is 0. The summed E-state index contributed by atoms with van der Waals surface area (Å²) in [5, 5.41) is 0.309. The smallest absolute Gasteiger partial charge is 0.269 e. The zero-order valence-electron chi connectivity index (χ0n) is 16.7. The molecule has 2 heterocycles. The largest absolute Gasteiger partial charge is 0.497 e. The van der Waals surface area contributed by atoms with E-state index in [1.165, 1.54) is 4.57 Å². The molecule has 0 unspecified atom stereocenters. The van der Waals surface area contributed by atoms with Crippen LogP contribution in [-0.2, 0) is 6.54 Å². The van der Waals surface area contributed by atoms with E-state index in [1.807, 2.05) is 54.6 Å². The van der Waals surface area contributed by atoms with Gasteiger partial charge in [-0.25, -0.2) is 0 Å². The number of methoxy groups -OCH3 is 1. The van der Waals surface area contributed by atoms with Gasteiger partial charge >= 0.3 is 0 Å². The highest BCUT2D eigenvalue weighted by atomic mass is 16.5. The van der Waals surface area contributed by atoms with Crippen molar-refractivity contribution in [3.63, 3.8) is 0 Å². The molecule has 0 saturated heterocycles. The van der Waals surface area contributed by atoms with Crippen LogP contribution in [0.25, 0.3) is 33.5 Å². The Morgan fingerprint density at radius 1 is 0.903 bits per heavy atom. The fourth-order valence-corrected chi connectivity index (χ4v) is 3.65. The fraction of sp³-hybridized carbons (Fsp3) is 0.0800. The van der Waals surface area contributed by atoms with E-state index in [0.717, 1.165) is 16.9 Å². The van der Waals surface area contributed by atoms with Gasteiger partial charge in [-0.1, -0.05) is 54.6 Å². The highest BCUT2D eigenvalue weighted by molar-refractivity contribution is 5.88. The van der Waals surface area contributed by atoms with E-state index in [2.05, 4.69) is 4.98 Å². The summed E-state index contributed by atoms with van der Waals surface area (Å²) in [7, 11) is 1.60. The molecule has 0 amide bonds. The predicted molar refractivity (Wildman–Crippen MR) is 120 cm³/mol. The van der Waals surface area contributed by atoms with Gasteiger partial charge in [-0.15, -0.1) is 0 Å². The molecule has 0 aliphatic rings. The second kappa shape index (κ2) is 7.57. The third-order valence-electron chi connectivity index (χ3n) is 5.23. The molecule has 0 spiro atoms. The van der Waals surface area contributed by atoms with E-state index in [1.54, 1.807) is 31.4 Å². The van der Waals surface area contributed by atoms with Crippen LogP contribution in [0.15, 0.2) is 92.9 Å². The summed E-state index contributed by atoms with van der Waals surface area (Å²) in [4.78, 5) is 31.3. The van der Waals surface area contributed by atoms with Gasteiger partial charge in [0.15, 0.2) is 5.39 Å². The Balaban J connectivity index is 1.81. The fourth-order valence-electron chi connectivity index (χ4n) is 3.65. The molecule has 5 rings (SSSR count). The number of benzene rings is 3. The van der Waals surface area contributed by atoms with Crippen LogP contribution in [0.4, 0.5) is 0 Å². The molecule has 0 radical (unpaired) electrons. The van der Waals surface area contributed by atoms with Crippen LogP contribution >= 0.6 is 0 Å². The van der Waals surface area contributed by atoms with Crippen molar-refractivity contribution in [1.29, 1.82) is 0 Å². The zero-order chi connectivity index (χ0) is 21.4. The van der Waals surface area contributed by atoms with E-state index < -0.39 is 5.56 Å². The molecule has 6 nitrogen and oxygen atoms in total. The molecular formula is C25H18N2O4. The Bertz CT molecular complexity index is 1520. The first kappa shape index (κ1) is 18.8. The number of nitrogens with zero attached hydrogens (tertiary/aromatic N) is 2. The van der Waals surface area contributed by atoms with E-state index in [4.69, 9.17) is 9.15 Å². The molecule has 2 aromatic heterocycles. The van der Waals surface area contributed by atoms with Crippen molar-refractivity contribution in [1.82, 2.24) is 9.55 Å². The highest BCUT2D eigenvalue weighted by Gasteiger charge is 2.19. The summed E-state index contributed by atoms with van der Waals surface area (Å²) < 4.78 is 12.6. The molecule has 0 aliphatic heterocycles. The standard InChI is InChI=1S/C25H18N2O4/c1-30-18-13-11-16(12-14-18)15-27-23(17-7-3-2-4-8-17)26-24-21(25(27)29)22(28)19-9-5-6-10-20(19)31-24/h2-14H,15H2,1H3. The molecule has 0 bridgehead atoms. The van der Waals surface area contributed by atoms with Crippen LogP contribution in [0, 0.1) is 0 Å². The quantitative estimate of drug-likeness (QED) is 0.415. The van der Waals surface area contributed by atoms with Crippen LogP contribution in [0.2, 0.25) is 0 Å². The predicted octanol–water partition coefficient (Wildman–Crippen LogP) is 4.23. The van der Waals surface area contributed by atoms with Crippen molar-refractivity contribution in [3.8, 4) is 17.1 Å². The van der Waals surface area contributed by atoms with Gasteiger partial charge in [-0.05, 0) is 29.8 Å². The van der Waals surface area contributed by atoms with E-state index in [0.29, 0.717) is 16.8 Å². The van der Waals surface area contributed by atoms with Crippen LogP contribution in [-0.4, -0.2) is 16.7 Å². The number of fused-ring (bicyclic) bond motifs is 2. The Morgan fingerprint density at radius 2 is 1.61 bits per heavy atom. The van der Waals surface area contributed by atoms with Gasteiger partial charge in [0.25, 0.3) is 5.56 Å². The van der Waals surface area contributed by atoms with Crippen molar-refractivity contribution < 1.29 is 9.15 Å². The highest BCUT2D eigenvalue weighted by Crippen LogP contribution is 2.22. The van der Waals surface area contributed by atoms with Gasteiger partial charge in [0, 0.05) is 5.56 Å². The first-order chi connectivity index (χ1) is 15.2. The third-order valence-corrected chi connectivity index (χ3v) is 5.23. The first-order valence-corrected chi connectivity index (χ1v) is 9.80. The lowest BCUT2D eigenvalue weighted by atomic mass is 10.1. The van der Waals surface area contributed by atoms with Crippen LogP contribution in [0.5, 0.6) is 5.75 Å². The Kier molecular flexibility index (Phi) is 4.59. The van der Waals surface area contributed by atoms with E-state index >= 15 is 0 Å². The van der Waals surface area contributed by atoms with Crippen molar-refractivity contribution >= 4 is 22.1 Å². The molecule has 5 aromatic rings. The minimum atomic E-state index is -0.431. The van der Waals surface area contributed by atoms with Crippen molar-refractivity contribution in [2.75, 3.05) is 7.11 Å². The molecule has 152 valence electrons. The van der Waals surface area contributed by atoms with Gasteiger partial charge in [0.1, 0.15) is 17.2 Å². The van der Waals surface area contributed by atoms with Gasteiger partial charge in [-0.3, -0.25) is 14.2 Å². The lowest BCUT2D eigenvalue weighted by Crippen LogP contribution is -2.28. The molecule has 31 heavy (non-hydrogen) atoms. The summed E-state index contributed by atoms with van der Waals surface area (Å²) in [5.41, 5.74) is 1.27. The molecule has 3 aromatic carbocycles. The lowest BCUT2D eigenvalue weighted by molar-refractivity contribution is 0.414. The number of hydrogen-bond donors (Lipinski definition) is 0. The number of rotatable bonds is 4. The average Bonchev–Trinajstić information content (AvgIpc) is 2.81. The zero-order valence-corrected chi connectivity index (χ0v) is 16.7. The summed E-state index contributed by atoms with van der Waals surface area (Å²) in [6.45, 7) is 0.252. The Morgan fingerprint density at radius 3 is 2.35 bits per heavy atom. The topological polar surface area (TPSA) is 74.3 Å². The number of hydrogen-bond acceptors (Lipinski definition) is 5. The average molecular weight is 410 g/mol. The summed E-state index contributed by atoms with van der Waals surface area (Å²) in [6.07, 6.45) is 0. The maximum atomic E-state index is 13.6. The van der Waals surface area contributed by atoms with Crippen LogP contribution in [0.1, 0.15) is 5.56 Å². The second-order valence-electron chi connectivity index (χ2n) is 7.15. The number of para-hydroxylation sites is 1. The lowest BCUT2D eigenvalue weighted by Gasteiger charge is -2.14. The van der Waals surface area contributed by atoms with Crippen molar-refractivity contribution in [2.45, 2.75) is 6.54 Å². The molecule has 0 N–H and O–H groups in total. The van der Waals surface area contributed by atoms with Crippen LogP contribution in [0.3, 0.4) is 0 Å². The molecule has 0 fully saturated rings.